The molecule has 0 N–H and O–H groups in total. The first-order chi connectivity index (χ1) is 15.8. The van der Waals surface area contributed by atoms with Crippen molar-refractivity contribution in [2.75, 3.05) is 29.6 Å². The zero-order chi connectivity index (χ0) is 23.4. The Kier molecular flexibility index (Phi) is 7.51. The molecule has 2 aliphatic rings. The average Bonchev–Trinajstić information content (AvgIpc) is 3.24. The van der Waals surface area contributed by atoms with Gasteiger partial charge >= 0.3 is 0 Å². The fourth-order valence-corrected chi connectivity index (χ4v) is 7.80. The number of anilines is 1. The van der Waals surface area contributed by atoms with E-state index in [1.54, 1.807) is 24.3 Å². The number of hydrogen-bond acceptors (Lipinski definition) is 6. The molecule has 2 aromatic carbocycles. The number of ether oxygens (including phenoxy) is 2. The van der Waals surface area contributed by atoms with Gasteiger partial charge in [-0.15, -0.1) is 0 Å². The van der Waals surface area contributed by atoms with E-state index >= 15 is 0 Å². The number of amides is 1. The van der Waals surface area contributed by atoms with E-state index in [2.05, 4.69) is 11.9 Å². The normalized spacial score (nSPS) is 22.4. The molecule has 2 fully saturated rings. The van der Waals surface area contributed by atoms with Crippen molar-refractivity contribution in [1.29, 1.82) is 0 Å². The van der Waals surface area contributed by atoms with Crippen LogP contribution in [-0.4, -0.2) is 55.5 Å². The molecular weight excluding hydrogens is 484 g/mol. The smallest absolute Gasteiger partial charge is 0.285 e. The van der Waals surface area contributed by atoms with Crippen LogP contribution in [0.25, 0.3) is 0 Å². The van der Waals surface area contributed by atoms with E-state index in [0.29, 0.717) is 28.3 Å². The number of fused-ring (bicyclic) bond motifs is 1. The summed E-state index contributed by atoms with van der Waals surface area (Å²) in [4.78, 5) is 18.7. The second kappa shape index (κ2) is 10.4. The Morgan fingerprint density at radius 2 is 1.94 bits per heavy atom. The van der Waals surface area contributed by atoms with Crippen molar-refractivity contribution >= 4 is 50.0 Å². The molecule has 0 radical (unpaired) electrons. The number of nitrogens with zero attached hydrogens (tertiary/aromatic N) is 2. The first-order valence-electron chi connectivity index (χ1n) is 10.7. The molecule has 0 saturated carbocycles. The number of sulfone groups is 1. The molecule has 2 atom stereocenters. The molecule has 0 bridgehead atoms. The minimum absolute atomic E-state index is 0.0278. The summed E-state index contributed by atoms with van der Waals surface area (Å²) < 4.78 is 35.9. The molecule has 33 heavy (non-hydrogen) atoms. The SMILES string of the molecule is CCCCOc1cccc(N2C(=NC(=O)COc3ccc(Cl)cc3)SC3CS(=O)(=O)CC32)c1. The molecule has 0 aromatic heterocycles. The van der Waals surface area contributed by atoms with Crippen molar-refractivity contribution in [3.63, 3.8) is 0 Å². The second-order valence-electron chi connectivity index (χ2n) is 7.90. The van der Waals surface area contributed by atoms with Crippen LogP contribution in [0.15, 0.2) is 53.5 Å². The predicted molar refractivity (Wildman–Crippen MR) is 133 cm³/mol. The summed E-state index contributed by atoms with van der Waals surface area (Å²) in [5, 5.41) is 0.882. The van der Waals surface area contributed by atoms with E-state index in [-0.39, 0.29) is 29.4 Å². The summed E-state index contributed by atoms with van der Waals surface area (Å²) >= 11 is 7.20. The van der Waals surface area contributed by atoms with Crippen LogP contribution in [0.4, 0.5) is 5.69 Å². The molecule has 0 spiro atoms. The van der Waals surface area contributed by atoms with Gasteiger partial charge < -0.3 is 14.4 Å². The van der Waals surface area contributed by atoms with Gasteiger partial charge in [0.15, 0.2) is 21.6 Å². The van der Waals surface area contributed by atoms with Gasteiger partial charge in [0.25, 0.3) is 5.91 Å². The number of aliphatic imine (C=N–C) groups is 1. The molecule has 2 unspecified atom stereocenters. The highest BCUT2D eigenvalue weighted by atomic mass is 35.5. The van der Waals surface area contributed by atoms with Gasteiger partial charge in [-0.25, -0.2) is 8.42 Å². The fraction of sp³-hybridized carbons (Fsp3) is 0.391. The molecule has 10 heteroatoms. The van der Waals surface area contributed by atoms with E-state index in [0.717, 1.165) is 18.5 Å². The Morgan fingerprint density at radius 3 is 2.70 bits per heavy atom. The molecule has 2 heterocycles. The number of halogens is 1. The fourth-order valence-electron chi connectivity index (χ4n) is 3.74. The third-order valence-corrected chi connectivity index (χ3v) is 8.79. The van der Waals surface area contributed by atoms with Gasteiger partial charge in [0.2, 0.25) is 0 Å². The standard InChI is InChI=1S/C23H25ClN2O5S2/c1-2-3-11-30-19-6-4-5-17(12-19)26-20-14-33(28,29)15-21(20)32-23(26)25-22(27)13-31-18-9-7-16(24)8-10-18/h4-10,12,20-21H,2-3,11,13-15H2,1H3. The summed E-state index contributed by atoms with van der Waals surface area (Å²) in [5.41, 5.74) is 0.756. The van der Waals surface area contributed by atoms with Crippen LogP contribution in [0, 0.1) is 0 Å². The van der Waals surface area contributed by atoms with E-state index in [1.165, 1.54) is 11.8 Å². The number of unbranched alkanes of at least 4 members (excludes halogenated alkanes) is 1. The van der Waals surface area contributed by atoms with Crippen molar-refractivity contribution in [2.24, 2.45) is 4.99 Å². The highest BCUT2D eigenvalue weighted by molar-refractivity contribution is 8.16. The van der Waals surface area contributed by atoms with Crippen molar-refractivity contribution < 1.29 is 22.7 Å². The van der Waals surface area contributed by atoms with Crippen LogP contribution in [0.1, 0.15) is 19.8 Å². The molecule has 2 aromatic rings. The van der Waals surface area contributed by atoms with Crippen molar-refractivity contribution in [3.05, 3.63) is 53.6 Å². The quantitative estimate of drug-likeness (QED) is 0.494. The van der Waals surface area contributed by atoms with Crippen LogP contribution in [0.2, 0.25) is 5.02 Å². The third kappa shape index (κ3) is 6.02. The minimum Gasteiger partial charge on any atom is -0.494 e. The number of amidine groups is 1. The van der Waals surface area contributed by atoms with E-state index < -0.39 is 15.7 Å². The van der Waals surface area contributed by atoms with Crippen LogP contribution in [-0.2, 0) is 14.6 Å². The monoisotopic (exact) mass is 508 g/mol. The maximum Gasteiger partial charge on any atom is 0.285 e. The largest absolute Gasteiger partial charge is 0.494 e. The second-order valence-corrected chi connectivity index (χ2v) is 11.7. The Labute approximate surface area is 203 Å². The van der Waals surface area contributed by atoms with E-state index in [9.17, 15) is 13.2 Å². The first-order valence-corrected chi connectivity index (χ1v) is 13.8. The summed E-state index contributed by atoms with van der Waals surface area (Å²) in [6.45, 7) is 2.47. The van der Waals surface area contributed by atoms with E-state index in [1.807, 2.05) is 29.2 Å². The zero-order valence-corrected chi connectivity index (χ0v) is 20.5. The topological polar surface area (TPSA) is 85.3 Å². The molecule has 2 saturated heterocycles. The van der Waals surface area contributed by atoms with Crippen molar-refractivity contribution in [1.82, 2.24) is 0 Å². The number of carbonyl (C=O) groups excluding carboxylic acids is 1. The molecule has 4 rings (SSSR count). The maximum atomic E-state index is 12.6. The highest BCUT2D eigenvalue weighted by Crippen LogP contribution is 2.41. The van der Waals surface area contributed by atoms with Crippen LogP contribution in [0.5, 0.6) is 11.5 Å². The first kappa shape index (κ1) is 23.9. The summed E-state index contributed by atoms with van der Waals surface area (Å²) in [5.74, 6) is 0.867. The number of rotatable bonds is 8. The summed E-state index contributed by atoms with van der Waals surface area (Å²) in [6.07, 6.45) is 1.97. The minimum atomic E-state index is -3.14. The summed E-state index contributed by atoms with van der Waals surface area (Å²) in [7, 11) is -3.14. The number of thioether (sulfide) groups is 1. The number of carbonyl (C=O) groups is 1. The lowest BCUT2D eigenvalue weighted by molar-refractivity contribution is -0.119. The van der Waals surface area contributed by atoms with Gasteiger partial charge in [-0.05, 0) is 42.8 Å². The molecular formula is C23H25ClN2O5S2. The lowest BCUT2D eigenvalue weighted by atomic mass is 10.2. The molecule has 1 amide bonds. The van der Waals surface area contributed by atoms with Crippen LogP contribution < -0.4 is 14.4 Å². The Hall–Kier alpha value is -2.23. The number of hydrogen-bond donors (Lipinski definition) is 0. The van der Waals surface area contributed by atoms with Gasteiger partial charge in [0, 0.05) is 22.0 Å². The number of benzene rings is 2. The lowest BCUT2D eigenvalue weighted by Crippen LogP contribution is -2.37. The molecule has 176 valence electrons. The average molecular weight is 509 g/mol. The van der Waals surface area contributed by atoms with Crippen LogP contribution >= 0.6 is 23.4 Å². The Balaban J connectivity index is 1.54. The zero-order valence-electron chi connectivity index (χ0n) is 18.1. The van der Waals surface area contributed by atoms with Crippen LogP contribution in [0.3, 0.4) is 0 Å². The van der Waals surface area contributed by atoms with Gasteiger partial charge in [-0.3, -0.25) is 4.79 Å². The molecule has 2 aliphatic heterocycles. The maximum absolute atomic E-state index is 12.6. The van der Waals surface area contributed by atoms with Gasteiger partial charge in [-0.2, -0.15) is 4.99 Å². The summed E-state index contributed by atoms with van der Waals surface area (Å²) in [6, 6.07) is 13.9. The Bertz CT molecular complexity index is 1140. The van der Waals surface area contributed by atoms with Crippen molar-refractivity contribution in [2.45, 2.75) is 31.1 Å². The third-order valence-electron chi connectivity index (χ3n) is 5.33. The molecule has 0 aliphatic carbocycles. The predicted octanol–water partition coefficient (Wildman–Crippen LogP) is 4.20. The van der Waals surface area contributed by atoms with Crippen molar-refractivity contribution in [3.8, 4) is 11.5 Å². The van der Waals surface area contributed by atoms with Gasteiger partial charge in [0.1, 0.15) is 11.5 Å². The van der Waals surface area contributed by atoms with E-state index in [4.69, 9.17) is 21.1 Å². The Morgan fingerprint density at radius 1 is 1.15 bits per heavy atom. The van der Waals surface area contributed by atoms with Gasteiger partial charge in [0.05, 0.1) is 24.2 Å². The lowest BCUT2D eigenvalue weighted by Gasteiger charge is -2.25. The highest BCUT2D eigenvalue weighted by Gasteiger charge is 2.49. The van der Waals surface area contributed by atoms with Gasteiger partial charge in [-0.1, -0.05) is 42.8 Å². The molecule has 7 nitrogen and oxygen atoms in total.